The summed E-state index contributed by atoms with van der Waals surface area (Å²) < 4.78 is 16.9. The first kappa shape index (κ1) is 25.8. The molecule has 0 aliphatic carbocycles. The quantitative estimate of drug-likeness (QED) is 0.252. The minimum absolute atomic E-state index is 0.0108. The maximum absolute atomic E-state index is 12.4. The Hall–Kier alpha value is -3.46. The fraction of sp³-hybridized carbons (Fsp3) is 0.407. The molecule has 0 saturated carbocycles. The number of nitrogens with zero attached hydrogens (tertiary/aromatic N) is 1. The number of hydrogen-bond acceptors (Lipinski definition) is 5. The summed E-state index contributed by atoms with van der Waals surface area (Å²) in [5, 5.41) is 12.2. The van der Waals surface area contributed by atoms with Crippen LogP contribution in [0.5, 0.6) is 17.2 Å². The SMILES string of the molecule is CCCCCCOc1ccc(/C=C(\C#N)C(=O)NCCOc2cc(C)cc(C)c2)cc1OC. The number of methoxy groups -OCH3 is 1. The van der Waals surface area contributed by atoms with Gasteiger partial charge in [-0.15, -0.1) is 0 Å². The van der Waals surface area contributed by atoms with Gasteiger partial charge in [0, 0.05) is 0 Å². The van der Waals surface area contributed by atoms with E-state index in [2.05, 4.69) is 18.3 Å². The molecule has 1 N–H and O–H groups in total. The summed E-state index contributed by atoms with van der Waals surface area (Å²) in [6, 6.07) is 13.3. The smallest absolute Gasteiger partial charge is 0.262 e. The van der Waals surface area contributed by atoms with Gasteiger partial charge in [0.15, 0.2) is 11.5 Å². The van der Waals surface area contributed by atoms with Crippen LogP contribution in [0.15, 0.2) is 42.0 Å². The lowest BCUT2D eigenvalue weighted by molar-refractivity contribution is -0.117. The van der Waals surface area contributed by atoms with E-state index in [1.54, 1.807) is 25.3 Å². The topological polar surface area (TPSA) is 80.6 Å². The average Bonchev–Trinajstić information content (AvgIpc) is 2.79. The molecule has 1 amide bonds. The summed E-state index contributed by atoms with van der Waals surface area (Å²) in [5.74, 6) is 1.53. The first-order valence-electron chi connectivity index (χ1n) is 11.4. The molecule has 0 unspecified atom stereocenters. The normalized spacial score (nSPS) is 10.9. The van der Waals surface area contributed by atoms with Crippen molar-refractivity contribution in [1.82, 2.24) is 5.32 Å². The van der Waals surface area contributed by atoms with Crippen molar-refractivity contribution in [3.05, 3.63) is 58.7 Å². The van der Waals surface area contributed by atoms with E-state index in [0.29, 0.717) is 36.8 Å². The zero-order valence-corrected chi connectivity index (χ0v) is 20.1. The van der Waals surface area contributed by atoms with Gasteiger partial charge < -0.3 is 19.5 Å². The molecule has 0 bridgehead atoms. The van der Waals surface area contributed by atoms with Crippen molar-refractivity contribution in [2.45, 2.75) is 46.5 Å². The number of benzene rings is 2. The number of nitrogens with one attached hydrogen (secondary N) is 1. The third-order valence-corrected chi connectivity index (χ3v) is 4.97. The number of rotatable bonds is 13. The Morgan fingerprint density at radius 2 is 1.76 bits per heavy atom. The largest absolute Gasteiger partial charge is 0.493 e. The van der Waals surface area contributed by atoms with E-state index < -0.39 is 5.91 Å². The fourth-order valence-corrected chi connectivity index (χ4v) is 3.36. The Kier molecular flexibility index (Phi) is 10.8. The van der Waals surface area contributed by atoms with Gasteiger partial charge in [0.2, 0.25) is 0 Å². The van der Waals surface area contributed by atoms with Crippen LogP contribution in [0.2, 0.25) is 0 Å². The van der Waals surface area contributed by atoms with Crippen molar-refractivity contribution in [3.8, 4) is 23.3 Å². The first-order chi connectivity index (χ1) is 16.0. The van der Waals surface area contributed by atoms with Gasteiger partial charge >= 0.3 is 0 Å². The van der Waals surface area contributed by atoms with Gasteiger partial charge in [0.25, 0.3) is 5.91 Å². The van der Waals surface area contributed by atoms with Gasteiger partial charge in [-0.25, -0.2) is 0 Å². The molecule has 0 atom stereocenters. The molecule has 0 fully saturated rings. The number of carbonyl (C=O) groups is 1. The Morgan fingerprint density at radius 1 is 1.00 bits per heavy atom. The summed E-state index contributed by atoms with van der Waals surface area (Å²) in [6.45, 7) is 7.41. The highest BCUT2D eigenvalue weighted by atomic mass is 16.5. The fourth-order valence-electron chi connectivity index (χ4n) is 3.36. The van der Waals surface area contributed by atoms with Crippen molar-refractivity contribution in [2.75, 3.05) is 26.9 Å². The predicted octanol–water partition coefficient (Wildman–Crippen LogP) is 5.37. The van der Waals surface area contributed by atoms with Crippen molar-refractivity contribution >= 4 is 12.0 Å². The monoisotopic (exact) mass is 450 g/mol. The van der Waals surface area contributed by atoms with E-state index in [1.165, 1.54) is 18.9 Å². The third-order valence-electron chi connectivity index (χ3n) is 4.97. The predicted molar refractivity (Wildman–Crippen MR) is 131 cm³/mol. The molecule has 176 valence electrons. The van der Waals surface area contributed by atoms with Gasteiger partial charge in [-0.2, -0.15) is 5.26 Å². The number of amides is 1. The lowest BCUT2D eigenvalue weighted by atomic mass is 10.1. The molecular weight excluding hydrogens is 416 g/mol. The van der Waals surface area contributed by atoms with E-state index >= 15 is 0 Å². The molecular formula is C27H34N2O4. The highest BCUT2D eigenvalue weighted by molar-refractivity contribution is 6.01. The van der Waals surface area contributed by atoms with Gasteiger partial charge in [-0.3, -0.25) is 4.79 Å². The zero-order valence-electron chi connectivity index (χ0n) is 20.1. The molecule has 2 rings (SSSR count). The number of aryl methyl sites for hydroxylation is 2. The van der Waals surface area contributed by atoms with E-state index in [-0.39, 0.29) is 5.57 Å². The molecule has 0 spiro atoms. The summed E-state index contributed by atoms with van der Waals surface area (Å²) in [6.07, 6.45) is 6.04. The number of unbranched alkanes of at least 4 members (excludes halogenated alkanes) is 3. The standard InChI is InChI=1S/C27H34N2O4/c1-5-6-7-8-12-33-25-10-9-22(18-26(25)31-4)17-23(19-28)27(30)29-11-13-32-24-15-20(2)14-21(3)16-24/h9-10,14-18H,5-8,11-13H2,1-4H3,(H,29,30)/b23-17+. The Balaban J connectivity index is 1.92. The molecule has 6 heteroatoms. The van der Waals surface area contributed by atoms with Crippen molar-refractivity contribution in [1.29, 1.82) is 5.26 Å². The van der Waals surface area contributed by atoms with E-state index in [9.17, 15) is 10.1 Å². The van der Waals surface area contributed by atoms with Gasteiger partial charge in [-0.05, 0) is 67.3 Å². The molecule has 0 aliphatic heterocycles. The van der Waals surface area contributed by atoms with Crippen LogP contribution in [0, 0.1) is 25.2 Å². The molecule has 6 nitrogen and oxygen atoms in total. The molecule has 33 heavy (non-hydrogen) atoms. The van der Waals surface area contributed by atoms with Crippen LogP contribution in [0.4, 0.5) is 0 Å². The van der Waals surface area contributed by atoms with Crippen LogP contribution < -0.4 is 19.5 Å². The minimum atomic E-state index is -0.447. The van der Waals surface area contributed by atoms with E-state index in [0.717, 1.165) is 29.7 Å². The molecule has 2 aromatic carbocycles. The summed E-state index contributed by atoms with van der Waals surface area (Å²) in [7, 11) is 1.57. The highest BCUT2D eigenvalue weighted by Crippen LogP contribution is 2.29. The second kappa shape index (κ2) is 13.8. The maximum atomic E-state index is 12.4. The summed E-state index contributed by atoms with van der Waals surface area (Å²) >= 11 is 0. The number of ether oxygens (including phenoxy) is 3. The van der Waals surface area contributed by atoms with E-state index in [4.69, 9.17) is 14.2 Å². The molecule has 2 aromatic rings. The molecule has 0 radical (unpaired) electrons. The molecule has 0 heterocycles. The highest BCUT2D eigenvalue weighted by Gasteiger charge is 2.11. The Labute approximate surface area is 197 Å². The number of hydrogen-bond donors (Lipinski definition) is 1. The van der Waals surface area contributed by atoms with Crippen LogP contribution in [0.25, 0.3) is 6.08 Å². The van der Waals surface area contributed by atoms with Crippen molar-refractivity contribution in [2.24, 2.45) is 0 Å². The minimum Gasteiger partial charge on any atom is -0.493 e. The van der Waals surface area contributed by atoms with Gasteiger partial charge in [0.05, 0.1) is 20.3 Å². The number of nitriles is 1. The number of carbonyl (C=O) groups excluding carboxylic acids is 1. The van der Waals surface area contributed by atoms with E-state index in [1.807, 2.05) is 32.0 Å². The zero-order chi connectivity index (χ0) is 24.1. The van der Waals surface area contributed by atoms with Crippen LogP contribution in [-0.4, -0.2) is 32.8 Å². The lowest BCUT2D eigenvalue weighted by Crippen LogP contribution is -2.29. The van der Waals surface area contributed by atoms with Crippen LogP contribution in [-0.2, 0) is 4.79 Å². The first-order valence-corrected chi connectivity index (χ1v) is 11.4. The second-order valence-electron chi connectivity index (χ2n) is 7.92. The Bertz CT molecular complexity index is 972. The average molecular weight is 451 g/mol. The molecule has 0 saturated heterocycles. The maximum Gasteiger partial charge on any atom is 0.262 e. The third kappa shape index (κ3) is 8.89. The second-order valence-corrected chi connectivity index (χ2v) is 7.92. The van der Waals surface area contributed by atoms with Crippen molar-refractivity contribution < 1.29 is 19.0 Å². The van der Waals surface area contributed by atoms with Gasteiger partial charge in [0.1, 0.15) is 24.0 Å². The lowest BCUT2D eigenvalue weighted by Gasteiger charge is -2.11. The molecule has 0 aliphatic rings. The van der Waals surface area contributed by atoms with Crippen LogP contribution in [0.1, 0.15) is 49.3 Å². The van der Waals surface area contributed by atoms with Gasteiger partial charge in [-0.1, -0.05) is 38.3 Å². The Morgan fingerprint density at radius 3 is 2.42 bits per heavy atom. The van der Waals surface area contributed by atoms with Crippen LogP contribution in [0.3, 0.4) is 0 Å². The van der Waals surface area contributed by atoms with Crippen LogP contribution >= 0.6 is 0 Å². The van der Waals surface area contributed by atoms with Crippen molar-refractivity contribution in [3.63, 3.8) is 0 Å². The molecule has 0 aromatic heterocycles. The summed E-state index contributed by atoms with van der Waals surface area (Å²) in [4.78, 5) is 12.4. The summed E-state index contributed by atoms with van der Waals surface area (Å²) in [5.41, 5.74) is 2.93.